The van der Waals surface area contributed by atoms with Crippen LogP contribution in [0.15, 0.2) is 33.7 Å². The Labute approximate surface area is 100 Å². The molecular weight excluding hydrogens is 238 g/mol. The molecular formula is C10H7N5OS. The molecule has 0 unspecified atom stereocenters. The zero-order valence-electron chi connectivity index (χ0n) is 8.57. The second-order valence-electron chi connectivity index (χ2n) is 3.27. The van der Waals surface area contributed by atoms with Gasteiger partial charge in [-0.1, -0.05) is 5.16 Å². The fourth-order valence-corrected chi connectivity index (χ4v) is 1.88. The number of nitrogens with zero attached hydrogens (tertiary/aromatic N) is 4. The Balaban J connectivity index is 2.01. The minimum Gasteiger partial charge on any atom is -0.384 e. The molecule has 6 nitrogen and oxygen atoms in total. The monoisotopic (exact) mass is 245 g/mol. The van der Waals surface area contributed by atoms with Crippen LogP contribution >= 0.6 is 11.3 Å². The molecule has 84 valence electrons. The molecule has 17 heavy (non-hydrogen) atoms. The molecule has 0 saturated heterocycles. The van der Waals surface area contributed by atoms with Gasteiger partial charge >= 0.3 is 0 Å². The highest BCUT2D eigenvalue weighted by Gasteiger charge is 2.11. The average molecular weight is 245 g/mol. The molecule has 0 atom stereocenters. The highest BCUT2D eigenvalue weighted by atomic mass is 32.1. The Morgan fingerprint density at radius 1 is 1.29 bits per heavy atom. The largest absolute Gasteiger partial charge is 0.384 e. The first-order chi connectivity index (χ1) is 8.33. The minimum atomic E-state index is 0.405. The number of nitrogen functional groups attached to an aromatic ring is 1. The summed E-state index contributed by atoms with van der Waals surface area (Å²) in [5, 5.41) is 5.72. The van der Waals surface area contributed by atoms with Gasteiger partial charge in [-0.3, -0.25) is 0 Å². The fourth-order valence-electron chi connectivity index (χ4n) is 1.35. The average Bonchev–Trinajstić information content (AvgIpc) is 3.00. The highest BCUT2D eigenvalue weighted by Crippen LogP contribution is 2.22. The quantitative estimate of drug-likeness (QED) is 0.740. The van der Waals surface area contributed by atoms with Crippen LogP contribution < -0.4 is 5.73 Å². The molecule has 3 aromatic rings. The molecule has 0 radical (unpaired) electrons. The van der Waals surface area contributed by atoms with Gasteiger partial charge in [0.05, 0.1) is 5.51 Å². The summed E-state index contributed by atoms with van der Waals surface area (Å²) in [6, 6.07) is 3.44. The summed E-state index contributed by atoms with van der Waals surface area (Å²) in [6.07, 6.45) is 1.59. The van der Waals surface area contributed by atoms with Crippen molar-refractivity contribution in [1.82, 2.24) is 20.1 Å². The lowest BCUT2D eigenvalue weighted by molar-refractivity contribution is 0.432. The van der Waals surface area contributed by atoms with E-state index in [0.29, 0.717) is 23.2 Å². The molecule has 7 heteroatoms. The summed E-state index contributed by atoms with van der Waals surface area (Å²) in [6.45, 7) is 0. The van der Waals surface area contributed by atoms with Gasteiger partial charge in [0.15, 0.2) is 0 Å². The number of nitrogens with two attached hydrogens (primary N) is 1. The van der Waals surface area contributed by atoms with E-state index in [1.807, 2.05) is 5.38 Å². The SMILES string of the molecule is Nc1cc(-c2nc(-c3cscn3)no2)ccn1. The number of anilines is 1. The van der Waals surface area contributed by atoms with Crippen LogP contribution in [0.3, 0.4) is 0 Å². The molecule has 0 aliphatic heterocycles. The molecule has 0 saturated carbocycles. The van der Waals surface area contributed by atoms with Crippen molar-refractivity contribution < 1.29 is 4.52 Å². The first kappa shape index (κ1) is 9.91. The molecule has 0 aromatic carbocycles. The van der Waals surface area contributed by atoms with E-state index in [-0.39, 0.29) is 0 Å². The molecule has 0 amide bonds. The van der Waals surface area contributed by atoms with Crippen molar-refractivity contribution >= 4 is 17.2 Å². The zero-order valence-corrected chi connectivity index (χ0v) is 9.39. The third kappa shape index (κ3) is 1.87. The summed E-state index contributed by atoms with van der Waals surface area (Å²) in [5.41, 5.74) is 8.75. The maximum absolute atomic E-state index is 5.59. The highest BCUT2D eigenvalue weighted by molar-refractivity contribution is 7.07. The predicted molar refractivity (Wildman–Crippen MR) is 63.0 cm³/mol. The Kier molecular flexibility index (Phi) is 2.30. The second-order valence-corrected chi connectivity index (χ2v) is 3.98. The van der Waals surface area contributed by atoms with Crippen LogP contribution in [0, 0.1) is 0 Å². The number of rotatable bonds is 2. The van der Waals surface area contributed by atoms with E-state index in [1.54, 1.807) is 23.8 Å². The van der Waals surface area contributed by atoms with Crippen molar-refractivity contribution in [2.45, 2.75) is 0 Å². The number of pyridine rings is 1. The fraction of sp³-hybridized carbons (Fsp3) is 0. The van der Waals surface area contributed by atoms with Crippen LogP contribution in [-0.4, -0.2) is 20.1 Å². The van der Waals surface area contributed by atoms with Gasteiger partial charge in [0.1, 0.15) is 11.5 Å². The molecule has 0 spiro atoms. The molecule has 3 aromatic heterocycles. The third-order valence-corrected chi connectivity index (χ3v) is 2.70. The first-order valence-corrected chi connectivity index (χ1v) is 5.71. The molecule has 0 aliphatic rings. The molecule has 2 N–H and O–H groups in total. The van der Waals surface area contributed by atoms with Gasteiger partial charge in [0.25, 0.3) is 5.89 Å². The summed E-state index contributed by atoms with van der Waals surface area (Å²) in [5.74, 6) is 1.29. The van der Waals surface area contributed by atoms with E-state index < -0.39 is 0 Å². The third-order valence-electron chi connectivity index (χ3n) is 2.12. The Bertz CT molecular complexity index is 634. The molecule has 0 fully saturated rings. The standard InChI is InChI=1S/C10H7N5OS/c11-8-3-6(1-2-12-8)10-14-9(15-16-10)7-4-17-5-13-7/h1-5H,(H2,11,12). The number of hydrogen-bond acceptors (Lipinski definition) is 7. The molecule has 3 rings (SSSR count). The van der Waals surface area contributed by atoms with Gasteiger partial charge in [-0.25, -0.2) is 9.97 Å². The summed E-state index contributed by atoms with van der Waals surface area (Å²) >= 11 is 1.48. The number of thiazole rings is 1. The van der Waals surface area contributed by atoms with E-state index in [0.717, 1.165) is 5.56 Å². The van der Waals surface area contributed by atoms with E-state index in [9.17, 15) is 0 Å². The van der Waals surface area contributed by atoms with Crippen molar-refractivity contribution in [3.63, 3.8) is 0 Å². The second kappa shape index (κ2) is 3.95. The normalized spacial score (nSPS) is 10.6. The summed E-state index contributed by atoms with van der Waals surface area (Å²) < 4.78 is 5.15. The van der Waals surface area contributed by atoms with Crippen molar-refractivity contribution in [1.29, 1.82) is 0 Å². The predicted octanol–water partition coefficient (Wildman–Crippen LogP) is 1.84. The van der Waals surface area contributed by atoms with E-state index in [2.05, 4.69) is 20.1 Å². The zero-order chi connectivity index (χ0) is 11.7. The van der Waals surface area contributed by atoms with Gasteiger partial charge in [-0.2, -0.15) is 4.98 Å². The van der Waals surface area contributed by atoms with Crippen LogP contribution in [0.4, 0.5) is 5.82 Å². The van der Waals surface area contributed by atoms with Gasteiger partial charge in [0, 0.05) is 17.1 Å². The Morgan fingerprint density at radius 3 is 3.00 bits per heavy atom. The molecule has 0 bridgehead atoms. The first-order valence-electron chi connectivity index (χ1n) is 4.77. The summed E-state index contributed by atoms with van der Waals surface area (Å²) in [4.78, 5) is 12.3. The molecule has 0 aliphatic carbocycles. The Morgan fingerprint density at radius 2 is 2.24 bits per heavy atom. The molecule has 3 heterocycles. The lowest BCUT2D eigenvalue weighted by Crippen LogP contribution is -1.89. The van der Waals surface area contributed by atoms with Crippen LogP contribution in [-0.2, 0) is 0 Å². The van der Waals surface area contributed by atoms with Gasteiger partial charge in [-0.05, 0) is 12.1 Å². The van der Waals surface area contributed by atoms with Gasteiger partial charge in [-0.15, -0.1) is 11.3 Å². The number of hydrogen-bond donors (Lipinski definition) is 1. The van der Waals surface area contributed by atoms with Crippen LogP contribution in [0.2, 0.25) is 0 Å². The van der Waals surface area contributed by atoms with Crippen LogP contribution in [0.5, 0.6) is 0 Å². The topological polar surface area (TPSA) is 90.7 Å². The van der Waals surface area contributed by atoms with E-state index in [4.69, 9.17) is 10.3 Å². The maximum Gasteiger partial charge on any atom is 0.258 e. The van der Waals surface area contributed by atoms with Gasteiger partial charge < -0.3 is 10.3 Å². The lowest BCUT2D eigenvalue weighted by Gasteiger charge is -1.94. The summed E-state index contributed by atoms with van der Waals surface area (Å²) in [7, 11) is 0. The van der Waals surface area contributed by atoms with Crippen molar-refractivity contribution in [3.8, 4) is 23.0 Å². The van der Waals surface area contributed by atoms with Crippen molar-refractivity contribution in [2.24, 2.45) is 0 Å². The maximum atomic E-state index is 5.59. The lowest BCUT2D eigenvalue weighted by atomic mass is 10.2. The van der Waals surface area contributed by atoms with E-state index in [1.165, 1.54) is 11.3 Å². The smallest absolute Gasteiger partial charge is 0.258 e. The van der Waals surface area contributed by atoms with Crippen molar-refractivity contribution in [2.75, 3.05) is 5.73 Å². The van der Waals surface area contributed by atoms with Gasteiger partial charge in [0.2, 0.25) is 5.82 Å². The van der Waals surface area contributed by atoms with Crippen LogP contribution in [0.25, 0.3) is 23.0 Å². The number of aromatic nitrogens is 4. The Hall–Kier alpha value is -2.28. The van der Waals surface area contributed by atoms with E-state index >= 15 is 0 Å². The minimum absolute atomic E-state index is 0.405. The van der Waals surface area contributed by atoms with Crippen molar-refractivity contribution in [3.05, 3.63) is 29.2 Å². The van der Waals surface area contributed by atoms with Crippen LogP contribution in [0.1, 0.15) is 0 Å².